The number of carbonyl (C=O) groups excluding carboxylic acids is 1. The molecule has 1 rings (SSSR count). The first-order valence-electron chi connectivity index (χ1n) is 7.05. The molecule has 0 spiro atoms. The summed E-state index contributed by atoms with van der Waals surface area (Å²) < 4.78 is 58.8. The van der Waals surface area contributed by atoms with E-state index in [-0.39, 0.29) is 4.90 Å². The van der Waals surface area contributed by atoms with Crippen molar-refractivity contribution in [3.8, 4) is 0 Å². The number of carbonyl (C=O) groups is 1. The van der Waals surface area contributed by atoms with Gasteiger partial charge in [-0.25, -0.2) is 0 Å². The number of benzene rings is 1. The van der Waals surface area contributed by atoms with E-state index in [2.05, 4.69) is 4.74 Å². The zero-order valence-corrected chi connectivity index (χ0v) is 8.84. The van der Waals surface area contributed by atoms with Gasteiger partial charge in [0.25, 0.3) is 0 Å². The summed E-state index contributed by atoms with van der Waals surface area (Å²) in [5, 5.41) is 0. The van der Waals surface area contributed by atoms with Crippen molar-refractivity contribution in [2.24, 2.45) is 0 Å². The quantitative estimate of drug-likeness (QED) is 0.746. The van der Waals surface area contributed by atoms with Crippen LogP contribution in [0.3, 0.4) is 0 Å². The van der Waals surface area contributed by atoms with E-state index in [1.165, 1.54) is 24.3 Å². The summed E-state index contributed by atoms with van der Waals surface area (Å²) in [5.74, 6) is -1.55. The second-order valence-electron chi connectivity index (χ2n) is 2.75. The number of ether oxygens (including phenoxy) is 1. The van der Waals surface area contributed by atoms with Crippen molar-refractivity contribution in [1.82, 2.24) is 0 Å². The topological polar surface area (TPSA) is 43.4 Å². The Hall–Kier alpha value is -1.16. The Balaban J connectivity index is 3.66. The van der Waals surface area contributed by atoms with E-state index in [4.69, 9.17) is 8.22 Å². The highest BCUT2D eigenvalue weighted by atomic mass is 32.2. The van der Waals surface area contributed by atoms with Gasteiger partial charge in [-0.2, -0.15) is 0 Å². The molecule has 0 aliphatic heterocycles. The van der Waals surface area contributed by atoms with E-state index < -0.39 is 35.2 Å². The predicted molar refractivity (Wildman–Crippen MR) is 58.9 cm³/mol. The third-order valence-electron chi connectivity index (χ3n) is 1.71. The molecule has 0 bridgehead atoms. The Morgan fingerprint density at radius 1 is 1.40 bits per heavy atom. The van der Waals surface area contributed by atoms with Crippen LogP contribution in [0.15, 0.2) is 35.2 Å². The van der Waals surface area contributed by atoms with Gasteiger partial charge in [0.2, 0.25) is 0 Å². The second kappa shape index (κ2) is 4.57. The van der Waals surface area contributed by atoms with Crippen molar-refractivity contribution in [2.45, 2.75) is 23.3 Å². The number of rotatable bonds is 3. The van der Waals surface area contributed by atoms with Crippen molar-refractivity contribution < 1.29 is 22.0 Å². The highest BCUT2D eigenvalue weighted by Gasteiger charge is 2.36. The molecule has 0 aliphatic rings. The maximum Gasteiger partial charge on any atom is 0.324 e. The van der Waals surface area contributed by atoms with Crippen LogP contribution in [0.1, 0.15) is 21.9 Å². The van der Waals surface area contributed by atoms with E-state index in [9.17, 15) is 9.00 Å². The smallest absolute Gasteiger partial charge is 0.324 e. The fourth-order valence-corrected chi connectivity index (χ4v) is 1.93. The SMILES string of the molecule is [2H]C([2H])([2H])C(C(=O)OC)(S(=O)c1ccccc1)C([2H])([2H])[2H]. The Labute approximate surface area is 100 Å². The van der Waals surface area contributed by atoms with Gasteiger partial charge in [0.15, 0.2) is 0 Å². The molecule has 0 amide bonds. The Kier molecular flexibility index (Phi) is 1.77. The van der Waals surface area contributed by atoms with Crippen LogP contribution in [-0.2, 0) is 20.3 Å². The molecule has 4 heteroatoms. The van der Waals surface area contributed by atoms with Crippen LogP contribution in [-0.4, -0.2) is 22.0 Å². The van der Waals surface area contributed by atoms with Crippen LogP contribution in [0.5, 0.6) is 0 Å². The summed E-state index contributed by atoms with van der Waals surface area (Å²) in [6.07, 6.45) is 0. The third-order valence-corrected chi connectivity index (χ3v) is 3.13. The third kappa shape index (κ3) is 2.45. The molecule has 0 heterocycles. The number of methoxy groups -OCH3 is 1. The number of esters is 1. The van der Waals surface area contributed by atoms with Gasteiger partial charge in [0.05, 0.1) is 17.9 Å². The molecule has 0 saturated heterocycles. The molecule has 0 saturated carbocycles. The minimum atomic E-state index is -3.34. The lowest BCUT2D eigenvalue weighted by molar-refractivity contribution is -0.142. The van der Waals surface area contributed by atoms with Gasteiger partial charge < -0.3 is 4.74 Å². The van der Waals surface area contributed by atoms with Gasteiger partial charge in [-0.3, -0.25) is 9.00 Å². The predicted octanol–water partition coefficient (Wildman–Crippen LogP) is 1.75. The highest BCUT2D eigenvalue weighted by molar-refractivity contribution is 7.87. The Morgan fingerprint density at radius 3 is 2.47 bits per heavy atom. The van der Waals surface area contributed by atoms with Gasteiger partial charge >= 0.3 is 5.97 Å². The fourth-order valence-electron chi connectivity index (χ4n) is 0.940. The molecule has 1 atom stereocenters. The second-order valence-corrected chi connectivity index (χ2v) is 4.38. The zero-order chi connectivity index (χ0) is 16.5. The summed E-state index contributed by atoms with van der Waals surface area (Å²) in [4.78, 5) is 11.9. The van der Waals surface area contributed by atoms with E-state index in [1.54, 1.807) is 6.07 Å². The van der Waals surface area contributed by atoms with E-state index >= 15 is 0 Å². The molecule has 0 N–H and O–H groups in total. The van der Waals surface area contributed by atoms with Crippen molar-refractivity contribution in [3.05, 3.63) is 30.3 Å². The normalized spacial score (nSPS) is 20.9. The van der Waals surface area contributed by atoms with Gasteiger partial charge in [-0.1, -0.05) is 18.2 Å². The highest BCUT2D eigenvalue weighted by Crippen LogP contribution is 2.21. The summed E-state index contributed by atoms with van der Waals surface area (Å²) in [5.41, 5.74) is 0. The van der Waals surface area contributed by atoms with Crippen LogP contribution in [0.2, 0.25) is 0 Å². The molecule has 1 aromatic rings. The van der Waals surface area contributed by atoms with Crippen molar-refractivity contribution in [3.63, 3.8) is 0 Å². The van der Waals surface area contributed by atoms with Gasteiger partial charge in [-0.05, 0) is 25.8 Å². The minimum absolute atomic E-state index is 0.0739. The molecule has 0 radical (unpaired) electrons. The van der Waals surface area contributed by atoms with Crippen LogP contribution in [0, 0.1) is 0 Å². The van der Waals surface area contributed by atoms with Crippen molar-refractivity contribution in [2.75, 3.05) is 7.11 Å². The van der Waals surface area contributed by atoms with Crippen LogP contribution >= 0.6 is 0 Å². The molecular formula is C11H14O3S. The maximum absolute atomic E-state index is 12.7. The number of hydrogen-bond acceptors (Lipinski definition) is 3. The minimum Gasteiger partial charge on any atom is -0.468 e. The van der Waals surface area contributed by atoms with Crippen LogP contribution in [0.25, 0.3) is 0 Å². The Bertz CT molecular complexity index is 523. The molecule has 0 fully saturated rings. The lowest BCUT2D eigenvalue weighted by Gasteiger charge is -2.20. The van der Waals surface area contributed by atoms with Gasteiger partial charge in [-0.15, -0.1) is 0 Å². The summed E-state index contributed by atoms with van der Waals surface area (Å²) in [6.45, 7) is -6.68. The van der Waals surface area contributed by atoms with Crippen molar-refractivity contribution >= 4 is 16.8 Å². The van der Waals surface area contributed by atoms with Crippen LogP contribution in [0.4, 0.5) is 0 Å². The summed E-state index contributed by atoms with van der Waals surface area (Å²) in [6, 6.07) is 7.12. The van der Waals surface area contributed by atoms with E-state index in [0.717, 1.165) is 7.11 Å². The average Bonchev–Trinajstić information content (AvgIpc) is 2.36. The maximum atomic E-state index is 12.7. The first-order valence-corrected chi connectivity index (χ1v) is 5.20. The first-order chi connectivity index (χ1) is 9.50. The zero-order valence-electron chi connectivity index (χ0n) is 14.0. The lowest BCUT2D eigenvalue weighted by Crippen LogP contribution is -2.37. The van der Waals surface area contributed by atoms with E-state index in [1.807, 2.05) is 0 Å². The van der Waals surface area contributed by atoms with Crippen LogP contribution < -0.4 is 0 Å². The first kappa shape index (κ1) is 5.80. The fraction of sp³-hybridized carbons (Fsp3) is 0.364. The molecule has 1 unspecified atom stereocenters. The Morgan fingerprint density at radius 2 is 2.00 bits per heavy atom. The molecule has 1 aromatic carbocycles. The molecule has 15 heavy (non-hydrogen) atoms. The largest absolute Gasteiger partial charge is 0.468 e. The molecule has 0 aliphatic carbocycles. The lowest BCUT2D eigenvalue weighted by atomic mass is 10.2. The molecule has 0 aromatic heterocycles. The van der Waals surface area contributed by atoms with Crippen molar-refractivity contribution in [1.29, 1.82) is 0 Å². The van der Waals surface area contributed by atoms with E-state index in [0.29, 0.717) is 0 Å². The summed E-state index contributed by atoms with van der Waals surface area (Å²) in [7, 11) is -1.79. The molecule has 3 nitrogen and oxygen atoms in total. The number of hydrogen-bond donors (Lipinski definition) is 0. The average molecular weight is 232 g/mol. The van der Waals surface area contributed by atoms with Gasteiger partial charge in [0.1, 0.15) is 4.75 Å². The molecule has 82 valence electrons. The summed E-state index contributed by atoms with van der Waals surface area (Å²) >= 11 is 0. The standard InChI is InChI=1S/C11H14O3S/c1-11(2,10(12)14-3)15(13)9-7-5-4-6-8-9/h4-8H,1-3H3/i1D3,2D3. The van der Waals surface area contributed by atoms with Gasteiger partial charge in [0, 0.05) is 13.1 Å². The monoisotopic (exact) mass is 232 g/mol. The molecular weight excluding hydrogens is 212 g/mol.